The lowest BCUT2D eigenvalue weighted by Crippen LogP contribution is -2.25. The number of pyridine rings is 1. The number of carbonyl (C=O) groups is 2. The number of carbonyl (C=O) groups excluding carboxylic acids is 2. The second kappa shape index (κ2) is 7.95. The molecule has 2 heterocycles. The third-order valence-corrected chi connectivity index (χ3v) is 4.38. The smallest absolute Gasteiger partial charge is 0.220 e. The molecule has 134 valence electrons. The predicted octanol–water partition coefficient (Wildman–Crippen LogP) is 3.63. The fraction of sp³-hybridized carbons (Fsp3) is 0.286. The van der Waals surface area contributed by atoms with E-state index < -0.39 is 0 Å². The summed E-state index contributed by atoms with van der Waals surface area (Å²) in [7, 11) is 0. The van der Waals surface area contributed by atoms with E-state index in [0.717, 1.165) is 22.9 Å². The molecular formula is C21H22N2O3. The number of ketones is 1. The number of rotatable bonds is 7. The van der Waals surface area contributed by atoms with Crippen LogP contribution in [0.1, 0.15) is 40.8 Å². The molecule has 1 amide bonds. The highest BCUT2D eigenvalue weighted by Crippen LogP contribution is 2.17. The van der Waals surface area contributed by atoms with E-state index in [1.54, 1.807) is 19.2 Å². The molecule has 2 aromatic heterocycles. The molecule has 5 nitrogen and oxygen atoms in total. The van der Waals surface area contributed by atoms with Crippen molar-refractivity contribution in [2.45, 2.75) is 33.1 Å². The molecule has 0 unspecified atom stereocenters. The Morgan fingerprint density at radius 2 is 1.96 bits per heavy atom. The number of amides is 1. The van der Waals surface area contributed by atoms with Gasteiger partial charge in [-0.15, -0.1) is 0 Å². The number of benzene rings is 1. The molecule has 0 atom stereocenters. The lowest BCUT2D eigenvalue weighted by atomic mass is 10.1. The van der Waals surface area contributed by atoms with Crippen LogP contribution >= 0.6 is 0 Å². The van der Waals surface area contributed by atoms with Gasteiger partial charge in [-0.05, 0) is 38.0 Å². The van der Waals surface area contributed by atoms with Crippen LogP contribution in [0, 0.1) is 6.92 Å². The fourth-order valence-electron chi connectivity index (χ4n) is 3.05. The lowest BCUT2D eigenvalue weighted by Gasteiger charge is -2.07. The lowest BCUT2D eigenvalue weighted by molar-refractivity contribution is -0.121. The molecule has 0 aliphatic heterocycles. The molecule has 3 aromatic rings. The second-order valence-corrected chi connectivity index (χ2v) is 6.33. The van der Waals surface area contributed by atoms with E-state index in [-0.39, 0.29) is 11.7 Å². The molecule has 0 radical (unpaired) electrons. The average molecular weight is 350 g/mol. The van der Waals surface area contributed by atoms with E-state index in [0.29, 0.717) is 36.5 Å². The first-order valence-corrected chi connectivity index (χ1v) is 8.74. The van der Waals surface area contributed by atoms with Crippen LogP contribution in [-0.2, 0) is 17.6 Å². The van der Waals surface area contributed by atoms with Gasteiger partial charge in [-0.25, -0.2) is 0 Å². The first-order valence-electron chi connectivity index (χ1n) is 8.74. The van der Waals surface area contributed by atoms with Crippen LogP contribution in [0.25, 0.3) is 10.9 Å². The van der Waals surface area contributed by atoms with Crippen molar-refractivity contribution >= 4 is 22.6 Å². The predicted molar refractivity (Wildman–Crippen MR) is 100 cm³/mol. The third-order valence-electron chi connectivity index (χ3n) is 4.38. The average Bonchev–Trinajstić information content (AvgIpc) is 3.01. The van der Waals surface area contributed by atoms with E-state index >= 15 is 0 Å². The van der Waals surface area contributed by atoms with Gasteiger partial charge in [0.1, 0.15) is 11.5 Å². The van der Waals surface area contributed by atoms with Gasteiger partial charge in [0.15, 0.2) is 5.78 Å². The van der Waals surface area contributed by atoms with Gasteiger partial charge in [-0.1, -0.05) is 24.3 Å². The summed E-state index contributed by atoms with van der Waals surface area (Å²) in [5.41, 5.74) is 2.69. The van der Waals surface area contributed by atoms with Gasteiger partial charge in [0.25, 0.3) is 0 Å². The van der Waals surface area contributed by atoms with Gasteiger partial charge in [0.05, 0.1) is 11.1 Å². The van der Waals surface area contributed by atoms with E-state index in [4.69, 9.17) is 4.42 Å². The molecule has 5 heteroatoms. The zero-order valence-electron chi connectivity index (χ0n) is 15.0. The number of fused-ring (bicyclic) bond motifs is 1. The Balaban J connectivity index is 1.50. The zero-order chi connectivity index (χ0) is 18.5. The third kappa shape index (κ3) is 4.17. The summed E-state index contributed by atoms with van der Waals surface area (Å²) in [6.45, 7) is 3.83. The number of Topliss-reactive ketones (excluding diaryl/α,β-unsaturated/α-hetero) is 1. The Hall–Kier alpha value is -2.95. The van der Waals surface area contributed by atoms with Crippen LogP contribution in [0.2, 0.25) is 0 Å². The number of furan rings is 1. The molecule has 1 N–H and O–H groups in total. The summed E-state index contributed by atoms with van der Waals surface area (Å²) < 4.78 is 5.54. The molecule has 0 saturated heterocycles. The Morgan fingerprint density at radius 3 is 2.73 bits per heavy atom. The van der Waals surface area contributed by atoms with Crippen molar-refractivity contribution in [3.05, 3.63) is 65.2 Å². The van der Waals surface area contributed by atoms with Crippen LogP contribution in [0.15, 0.2) is 47.0 Å². The van der Waals surface area contributed by atoms with Gasteiger partial charge in [-0.2, -0.15) is 0 Å². The Kier molecular flexibility index (Phi) is 5.46. The van der Waals surface area contributed by atoms with Crippen LogP contribution in [-0.4, -0.2) is 23.2 Å². The molecule has 0 spiro atoms. The number of nitrogens with one attached hydrogen (secondary N) is 1. The van der Waals surface area contributed by atoms with Gasteiger partial charge in [0, 0.05) is 31.0 Å². The summed E-state index contributed by atoms with van der Waals surface area (Å²) in [5, 5.41) is 4.04. The van der Waals surface area contributed by atoms with Crippen LogP contribution < -0.4 is 5.32 Å². The Labute approximate surface area is 152 Å². The van der Waals surface area contributed by atoms with Crippen molar-refractivity contribution in [1.82, 2.24) is 10.3 Å². The first kappa shape index (κ1) is 17.9. The number of aromatic nitrogens is 1. The monoisotopic (exact) mass is 350 g/mol. The van der Waals surface area contributed by atoms with Crippen molar-refractivity contribution in [2.75, 3.05) is 6.54 Å². The number of hydrogen-bond acceptors (Lipinski definition) is 4. The van der Waals surface area contributed by atoms with Gasteiger partial charge < -0.3 is 9.73 Å². The largest absolute Gasteiger partial charge is 0.466 e. The van der Waals surface area contributed by atoms with Gasteiger partial charge in [-0.3, -0.25) is 14.6 Å². The minimum Gasteiger partial charge on any atom is -0.466 e. The quantitative estimate of drug-likeness (QED) is 0.661. The molecule has 0 fully saturated rings. The summed E-state index contributed by atoms with van der Waals surface area (Å²) in [4.78, 5) is 27.9. The van der Waals surface area contributed by atoms with Crippen molar-refractivity contribution < 1.29 is 14.0 Å². The molecule has 0 saturated carbocycles. The number of aryl methyl sites for hydroxylation is 2. The Bertz CT molecular complexity index is 938. The zero-order valence-corrected chi connectivity index (χ0v) is 15.0. The summed E-state index contributed by atoms with van der Waals surface area (Å²) >= 11 is 0. The fourth-order valence-corrected chi connectivity index (χ4v) is 3.05. The molecule has 26 heavy (non-hydrogen) atoms. The van der Waals surface area contributed by atoms with Crippen molar-refractivity contribution in [2.24, 2.45) is 0 Å². The molecule has 0 aliphatic carbocycles. The molecule has 0 aliphatic rings. The summed E-state index contributed by atoms with van der Waals surface area (Å²) in [6.07, 6.45) is 3.33. The summed E-state index contributed by atoms with van der Waals surface area (Å²) in [5.74, 6) is 1.22. The maximum Gasteiger partial charge on any atom is 0.220 e. The van der Waals surface area contributed by atoms with Gasteiger partial charge in [0.2, 0.25) is 5.91 Å². The standard InChI is InChI=1S/C21H22N2O3/c1-14(24)19-13-18(26-15(19)2)8-9-20(25)22-12-10-17-6-3-5-16-7-4-11-23-21(16)17/h3-7,11,13H,8-10,12H2,1-2H3,(H,22,25). The minimum absolute atomic E-state index is 0.0225. The Morgan fingerprint density at radius 1 is 1.15 bits per heavy atom. The maximum atomic E-state index is 12.1. The maximum absolute atomic E-state index is 12.1. The SMILES string of the molecule is CC(=O)c1cc(CCC(=O)NCCc2cccc3cccnc23)oc1C. The van der Waals surface area contributed by atoms with E-state index in [2.05, 4.69) is 10.3 Å². The normalized spacial score (nSPS) is 10.8. The van der Waals surface area contributed by atoms with Crippen molar-refractivity contribution in [3.8, 4) is 0 Å². The van der Waals surface area contributed by atoms with E-state index in [9.17, 15) is 9.59 Å². The molecule has 1 aromatic carbocycles. The number of para-hydroxylation sites is 1. The molecular weight excluding hydrogens is 328 g/mol. The van der Waals surface area contributed by atoms with Crippen molar-refractivity contribution in [1.29, 1.82) is 0 Å². The number of nitrogens with zero attached hydrogens (tertiary/aromatic N) is 1. The highest BCUT2D eigenvalue weighted by Gasteiger charge is 2.12. The highest BCUT2D eigenvalue weighted by atomic mass is 16.3. The van der Waals surface area contributed by atoms with E-state index in [1.165, 1.54) is 6.92 Å². The van der Waals surface area contributed by atoms with Crippen LogP contribution in [0.5, 0.6) is 0 Å². The topological polar surface area (TPSA) is 72.2 Å². The van der Waals surface area contributed by atoms with Crippen LogP contribution in [0.3, 0.4) is 0 Å². The van der Waals surface area contributed by atoms with Crippen LogP contribution in [0.4, 0.5) is 0 Å². The molecule has 3 rings (SSSR count). The number of hydrogen-bond donors (Lipinski definition) is 1. The second-order valence-electron chi connectivity index (χ2n) is 6.33. The first-order chi connectivity index (χ1) is 12.5. The van der Waals surface area contributed by atoms with Crippen molar-refractivity contribution in [3.63, 3.8) is 0 Å². The molecule has 0 bridgehead atoms. The minimum atomic E-state index is -0.0309. The van der Waals surface area contributed by atoms with E-state index in [1.807, 2.05) is 30.3 Å². The highest BCUT2D eigenvalue weighted by molar-refractivity contribution is 5.95. The van der Waals surface area contributed by atoms with Gasteiger partial charge >= 0.3 is 0 Å². The summed E-state index contributed by atoms with van der Waals surface area (Å²) in [6, 6.07) is 11.8.